The van der Waals surface area contributed by atoms with Gasteiger partial charge in [-0.15, -0.1) is 0 Å². The number of ether oxygens (including phenoxy) is 4. The van der Waals surface area contributed by atoms with Crippen molar-refractivity contribution in [2.24, 2.45) is 0 Å². The van der Waals surface area contributed by atoms with E-state index in [-0.39, 0.29) is 25.7 Å². The van der Waals surface area contributed by atoms with Crippen LogP contribution in [0.1, 0.15) is 272 Å². The van der Waals surface area contributed by atoms with Crippen molar-refractivity contribution >= 4 is 39.5 Å². The van der Waals surface area contributed by atoms with Crippen LogP contribution in [-0.4, -0.2) is 96.7 Å². The van der Waals surface area contributed by atoms with E-state index in [1.807, 2.05) is 24.3 Å². The highest BCUT2D eigenvalue weighted by atomic mass is 31.2. The molecule has 0 rings (SSSR count). The topological polar surface area (TPSA) is 237 Å². The Balaban J connectivity index is 5.52. The smallest absolute Gasteiger partial charge is 0.462 e. The highest BCUT2D eigenvalue weighted by Crippen LogP contribution is 2.45. The Bertz CT molecular complexity index is 2780. The highest BCUT2D eigenvalue weighted by Gasteiger charge is 2.30. The molecule has 5 atom stereocenters. The van der Waals surface area contributed by atoms with Crippen molar-refractivity contribution < 1.29 is 80.2 Å². The first-order chi connectivity index (χ1) is 51.7. The van der Waals surface area contributed by atoms with Gasteiger partial charge >= 0.3 is 39.5 Å². The first-order valence-electron chi connectivity index (χ1n) is 39.7. The second-order valence-corrected chi connectivity index (χ2v) is 28.4. The zero-order chi connectivity index (χ0) is 77.4. The Labute approximate surface area is 640 Å². The highest BCUT2D eigenvalue weighted by molar-refractivity contribution is 7.47. The second-order valence-electron chi connectivity index (χ2n) is 25.5. The number of rotatable bonds is 72. The molecule has 0 aromatic heterocycles. The molecule has 106 heavy (non-hydrogen) atoms. The van der Waals surface area contributed by atoms with Crippen LogP contribution in [0.15, 0.2) is 194 Å². The standard InChI is InChI=1S/C87H138O17P2/c1-5-9-13-17-21-25-29-33-37-39-40-42-46-48-52-56-60-64-68-72-85(90)98-78-83(104-87(92)74-70-66-62-58-54-50-44-36-32-28-24-20-16-12-8-4)80-102-106(95,96)100-76-81(88)75-99-105(93,94)101-79-82(103-86(91)73-69-65-61-57-53-49-43-35-31-27-23-19-15-11-7-3)77-97-84(89)71-67-63-59-55-51-47-45-41-38-34-30-26-22-18-14-10-6-2/h10-12,14-16,21-28,33-38,40,42-44,53-54,57-58,65-66,69-70,81-83,88H,5-9,13,17-20,29-32,39,41,45-52,55-56,59-64,67-68,71-80H2,1-4H3,(H,93,94)(H,95,96)/b14-10-,15-11-,16-12-,25-21-,26-22-,27-23-,28-24-,37-33-,38-34-,42-40-,43-35-,44-36-,57-53-,58-54-,69-65-,70-66-. The predicted octanol–water partition coefficient (Wildman–Crippen LogP) is 23.3. The molecule has 0 aromatic rings. The molecule has 5 unspecified atom stereocenters. The van der Waals surface area contributed by atoms with Gasteiger partial charge in [0.05, 0.1) is 39.3 Å². The van der Waals surface area contributed by atoms with Gasteiger partial charge in [0.2, 0.25) is 0 Å². The summed E-state index contributed by atoms with van der Waals surface area (Å²) in [6.45, 7) is 4.22. The third-order valence-corrected chi connectivity index (χ3v) is 17.5. The summed E-state index contributed by atoms with van der Waals surface area (Å²) >= 11 is 0. The SMILES string of the molecule is CC/C=C\C/C=C\C/C=C\C/C=C\C/C=C\CC(=O)OC(COC(=O)CCCCCCCC/C=C\C/C=C\C/C=C\CCCCC)COP(=O)(O)OCC(O)COP(=O)(O)OCC(COC(=O)CCCCCCCCC/C=C\C/C=C\C/C=C\CC)OC(=O)C/C=C\C/C=C\C/C=C\C/C=C\C/C=C\CC. The quantitative estimate of drug-likeness (QED) is 0.0169. The summed E-state index contributed by atoms with van der Waals surface area (Å²) in [5.74, 6) is -2.52. The predicted molar refractivity (Wildman–Crippen MR) is 436 cm³/mol. The Morgan fingerprint density at radius 2 is 0.519 bits per heavy atom. The van der Waals surface area contributed by atoms with Crippen LogP contribution in [0, 0.1) is 0 Å². The number of hydrogen-bond acceptors (Lipinski definition) is 15. The van der Waals surface area contributed by atoms with Gasteiger partial charge in [0.25, 0.3) is 0 Å². The molecule has 0 aliphatic carbocycles. The van der Waals surface area contributed by atoms with Crippen molar-refractivity contribution in [3.8, 4) is 0 Å². The molecular formula is C87H138O17P2. The van der Waals surface area contributed by atoms with Crippen LogP contribution >= 0.6 is 15.6 Å². The summed E-state index contributed by atoms with van der Waals surface area (Å²) in [5.41, 5.74) is 0. The monoisotopic (exact) mass is 1520 g/mol. The molecular weight excluding hydrogens is 1380 g/mol. The Morgan fingerprint density at radius 1 is 0.283 bits per heavy atom. The minimum absolute atomic E-state index is 0.118. The van der Waals surface area contributed by atoms with E-state index < -0.39 is 97.5 Å². The number of hydrogen-bond donors (Lipinski definition) is 3. The van der Waals surface area contributed by atoms with Gasteiger partial charge < -0.3 is 33.8 Å². The van der Waals surface area contributed by atoms with E-state index in [0.29, 0.717) is 25.7 Å². The van der Waals surface area contributed by atoms with E-state index in [1.54, 1.807) is 24.3 Å². The van der Waals surface area contributed by atoms with E-state index in [2.05, 4.69) is 174 Å². The number of carbonyl (C=O) groups excluding carboxylic acids is 4. The third kappa shape index (κ3) is 76.1. The molecule has 598 valence electrons. The summed E-state index contributed by atoms with van der Waals surface area (Å²) in [7, 11) is -10.0. The zero-order valence-corrected chi connectivity index (χ0v) is 67.1. The molecule has 0 radical (unpaired) electrons. The number of phosphoric ester groups is 2. The molecule has 0 amide bonds. The van der Waals surface area contributed by atoms with Crippen LogP contribution in [0.2, 0.25) is 0 Å². The van der Waals surface area contributed by atoms with Gasteiger partial charge in [0.15, 0.2) is 12.2 Å². The van der Waals surface area contributed by atoms with Crippen molar-refractivity contribution in [1.29, 1.82) is 0 Å². The van der Waals surface area contributed by atoms with Crippen molar-refractivity contribution in [2.45, 2.75) is 290 Å². The maximum Gasteiger partial charge on any atom is 0.472 e. The summed E-state index contributed by atoms with van der Waals surface area (Å²) < 4.78 is 68.3. The van der Waals surface area contributed by atoms with Gasteiger partial charge in [-0.1, -0.05) is 293 Å². The molecule has 0 saturated heterocycles. The average Bonchev–Trinajstić information content (AvgIpc) is 0.902. The van der Waals surface area contributed by atoms with Crippen LogP contribution in [0.4, 0.5) is 0 Å². The molecule has 0 fully saturated rings. The molecule has 0 saturated carbocycles. The van der Waals surface area contributed by atoms with E-state index in [4.69, 9.17) is 37.0 Å². The van der Waals surface area contributed by atoms with E-state index in [9.17, 15) is 43.2 Å². The van der Waals surface area contributed by atoms with Gasteiger partial charge in [-0.2, -0.15) is 0 Å². The van der Waals surface area contributed by atoms with Crippen LogP contribution in [-0.2, 0) is 65.4 Å². The van der Waals surface area contributed by atoms with E-state index in [1.165, 1.54) is 19.3 Å². The van der Waals surface area contributed by atoms with Crippen LogP contribution in [0.5, 0.6) is 0 Å². The van der Waals surface area contributed by atoms with Gasteiger partial charge in [0, 0.05) is 12.8 Å². The fourth-order valence-electron chi connectivity index (χ4n) is 9.69. The lowest BCUT2D eigenvalue weighted by molar-refractivity contribution is -0.160. The third-order valence-electron chi connectivity index (χ3n) is 15.6. The Hall–Kier alpha value is -6.10. The molecule has 19 heteroatoms. The number of phosphoric acid groups is 2. The number of carbonyl (C=O) groups is 4. The summed E-state index contributed by atoms with van der Waals surface area (Å²) in [4.78, 5) is 72.9. The largest absolute Gasteiger partial charge is 0.472 e. The van der Waals surface area contributed by atoms with Crippen molar-refractivity contribution in [2.75, 3.05) is 39.6 Å². The summed E-state index contributed by atoms with van der Waals surface area (Å²) in [5, 5.41) is 10.6. The number of unbranched alkanes of at least 4 members (excludes halogenated alkanes) is 16. The number of esters is 4. The molecule has 0 aliphatic rings. The molecule has 17 nitrogen and oxygen atoms in total. The van der Waals surface area contributed by atoms with Gasteiger partial charge in [-0.25, -0.2) is 9.13 Å². The molecule has 0 spiro atoms. The van der Waals surface area contributed by atoms with Crippen LogP contribution in [0.3, 0.4) is 0 Å². The lowest BCUT2D eigenvalue weighted by atomic mass is 10.1. The fourth-order valence-corrected chi connectivity index (χ4v) is 11.3. The minimum atomic E-state index is -5.02. The maximum absolute atomic E-state index is 13.1. The van der Waals surface area contributed by atoms with Crippen molar-refractivity contribution in [3.05, 3.63) is 194 Å². The molecule has 0 aromatic carbocycles. The first kappa shape index (κ1) is 99.9. The molecule has 0 heterocycles. The average molecular weight is 1520 g/mol. The maximum atomic E-state index is 13.1. The lowest BCUT2D eigenvalue weighted by Gasteiger charge is -2.21. The molecule has 3 N–H and O–H groups in total. The van der Waals surface area contributed by atoms with Gasteiger partial charge in [-0.05, 0) is 148 Å². The Morgan fingerprint density at radius 3 is 0.802 bits per heavy atom. The zero-order valence-electron chi connectivity index (χ0n) is 65.3. The summed E-state index contributed by atoms with van der Waals surface area (Å²) in [6, 6.07) is 0. The molecule has 0 bridgehead atoms. The lowest BCUT2D eigenvalue weighted by Crippen LogP contribution is -2.30. The van der Waals surface area contributed by atoms with Crippen molar-refractivity contribution in [3.63, 3.8) is 0 Å². The fraction of sp³-hybridized carbons (Fsp3) is 0.586. The van der Waals surface area contributed by atoms with Gasteiger partial charge in [0.1, 0.15) is 19.3 Å². The van der Waals surface area contributed by atoms with E-state index >= 15 is 0 Å². The summed E-state index contributed by atoms with van der Waals surface area (Å²) in [6.07, 6.45) is 94.8. The first-order valence-corrected chi connectivity index (χ1v) is 42.7. The number of aliphatic hydroxyl groups excluding tert-OH is 1. The van der Waals surface area contributed by atoms with Gasteiger partial charge in [-0.3, -0.25) is 37.3 Å². The minimum Gasteiger partial charge on any atom is -0.462 e. The second kappa shape index (κ2) is 77.1. The number of allylic oxidation sites excluding steroid dienone is 30. The van der Waals surface area contributed by atoms with Crippen LogP contribution in [0.25, 0.3) is 0 Å². The Kier molecular flexibility index (Phi) is 72.6. The number of aliphatic hydroxyl groups is 1. The normalized spacial score (nSPS) is 14.9. The van der Waals surface area contributed by atoms with Crippen LogP contribution < -0.4 is 0 Å². The van der Waals surface area contributed by atoms with E-state index in [0.717, 1.165) is 173 Å². The molecule has 0 aliphatic heterocycles. The van der Waals surface area contributed by atoms with Crippen molar-refractivity contribution in [1.82, 2.24) is 0 Å².